The number of rotatable bonds is 11. The van der Waals surface area contributed by atoms with Crippen molar-refractivity contribution < 1.29 is 37.2 Å². The molecule has 0 radical (unpaired) electrons. The van der Waals surface area contributed by atoms with E-state index in [9.17, 15) is 0 Å². The summed E-state index contributed by atoms with van der Waals surface area (Å²) in [5.74, 6) is 0.552. The molecule has 12 nitrogen and oxygen atoms in total. The van der Waals surface area contributed by atoms with Gasteiger partial charge in [0.15, 0.2) is 5.04 Å². The van der Waals surface area contributed by atoms with E-state index < -0.39 is 14.1 Å². The quantitative estimate of drug-likeness (QED) is 0.110. The largest absolute Gasteiger partial charge is 0.812 e. The van der Waals surface area contributed by atoms with Gasteiger partial charge < -0.3 is 37.2 Å². The number of hydrogen-bond acceptors (Lipinski definition) is 13. The molecule has 0 spiro atoms. The summed E-state index contributed by atoms with van der Waals surface area (Å²) in [6.07, 6.45) is 6.26. The normalized spacial score (nSPS) is 23.9. The van der Waals surface area contributed by atoms with Crippen LogP contribution in [0.3, 0.4) is 0 Å². The molecular weight excluding hydrogens is 740 g/mol. The van der Waals surface area contributed by atoms with Crippen molar-refractivity contribution in [3.8, 4) is 0 Å². The summed E-state index contributed by atoms with van der Waals surface area (Å²) >= 11 is 1.19. The van der Waals surface area contributed by atoms with Crippen molar-refractivity contribution in [3.63, 3.8) is 0 Å². The number of nitrogens with zero attached hydrogens (tertiary/aromatic N) is 6. The maximum absolute atomic E-state index is 17.3. The van der Waals surface area contributed by atoms with Crippen LogP contribution in [0.5, 0.6) is 0 Å². The van der Waals surface area contributed by atoms with Gasteiger partial charge in [-0.2, -0.15) is 0 Å². The van der Waals surface area contributed by atoms with Crippen molar-refractivity contribution in [1.29, 1.82) is 0 Å². The third-order valence-corrected chi connectivity index (χ3v) is 9.48. The van der Waals surface area contributed by atoms with Crippen LogP contribution in [0.4, 0.5) is 8.63 Å². The number of hydrogen-bond donors (Lipinski definition) is 0. The van der Waals surface area contributed by atoms with Crippen molar-refractivity contribution in [2.45, 2.75) is 52.4 Å². The van der Waals surface area contributed by atoms with Gasteiger partial charge in [0.25, 0.3) is 0 Å². The minimum absolute atomic E-state index is 0.00849. The van der Waals surface area contributed by atoms with Crippen LogP contribution in [-0.4, -0.2) is 53.4 Å². The molecule has 17 heteroatoms. The predicted octanol–water partition coefficient (Wildman–Crippen LogP) is 9.32. The molecule has 0 fully saturated rings. The zero-order valence-corrected chi connectivity index (χ0v) is 31.8. The third kappa shape index (κ3) is 10.8. The maximum Gasteiger partial charge on any atom is 0.812 e. The minimum atomic E-state index is -4.50. The Balaban J connectivity index is 1.53. The van der Waals surface area contributed by atoms with Gasteiger partial charge in [0.2, 0.25) is 0 Å². The van der Waals surface area contributed by atoms with E-state index in [1.54, 1.807) is 121 Å². The fraction of sp³-hybridized carbons (Fsp3) is 0.231. The molecule has 2 bridgehead atoms. The molecule has 7 rings (SSSR count). The van der Waals surface area contributed by atoms with Crippen molar-refractivity contribution in [2.75, 3.05) is 5.75 Å². The third-order valence-electron chi connectivity index (χ3n) is 8.34. The summed E-state index contributed by atoms with van der Waals surface area (Å²) in [7, 11) is -9.00. The Morgan fingerprint density at radius 1 is 0.446 bits per heavy atom. The van der Waals surface area contributed by atoms with E-state index in [1.165, 1.54) is 18.7 Å². The molecule has 56 heavy (non-hydrogen) atoms. The highest BCUT2D eigenvalue weighted by Crippen LogP contribution is 2.24. The molecule has 0 N–H and O–H groups in total. The Hall–Kier alpha value is -5.96. The van der Waals surface area contributed by atoms with Gasteiger partial charge in [0, 0.05) is 22.3 Å². The molecule has 0 aliphatic carbocycles. The molecule has 4 aromatic carbocycles. The van der Waals surface area contributed by atoms with Gasteiger partial charge in [-0.3, -0.25) is 0 Å². The number of oxime groups is 6. The first-order valence-corrected chi connectivity index (χ1v) is 19.4. The fourth-order valence-electron chi connectivity index (χ4n) is 5.43. The van der Waals surface area contributed by atoms with Crippen LogP contribution in [0, 0.1) is 0 Å². The summed E-state index contributed by atoms with van der Waals surface area (Å²) in [4.78, 5) is 0. The van der Waals surface area contributed by atoms with Crippen LogP contribution in [-0.2, 0) is 28.5 Å². The van der Waals surface area contributed by atoms with E-state index >= 15 is 8.63 Å². The summed E-state index contributed by atoms with van der Waals surface area (Å²) in [6.45, 7) is 3.62. The Morgan fingerprint density at radius 3 is 1.14 bits per heavy atom. The second-order valence-corrected chi connectivity index (χ2v) is 13.7. The van der Waals surface area contributed by atoms with Crippen molar-refractivity contribution >= 4 is 59.4 Å². The second kappa shape index (κ2) is 19.6. The average Bonchev–Trinajstić information content (AvgIpc) is 3.24. The van der Waals surface area contributed by atoms with Crippen LogP contribution in [0.2, 0.25) is 0 Å². The molecular formula is C39H40B2F2N6O6S-2. The molecule has 3 heterocycles. The monoisotopic (exact) mass is 780 g/mol. The van der Waals surface area contributed by atoms with E-state index in [0.29, 0.717) is 28.0 Å². The number of benzene rings is 4. The van der Waals surface area contributed by atoms with Gasteiger partial charge in [-0.25, -0.2) is 0 Å². The van der Waals surface area contributed by atoms with Crippen LogP contribution in [0.25, 0.3) is 0 Å². The average molecular weight is 780 g/mol. The lowest BCUT2D eigenvalue weighted by molar-refractivity contribution is 0.0219. The molecule has 4 aromatic rings. The van der Waals surface area contributed by atoms with Gasteiger partial charge in [0.05, 0.1) is 0 Å². The summed E-state index contributed by atoms with van der Waals surface area (Å²) in [5.41, 5.74) is 1.05. The highest BCUT2D eigenvalue weighted by atomic mass is 32.2. The summed E-state index contributed by atoms with van der Waals surface area (Å²) < 4.78 is 67.6. The van der Waals surface area contributed by atoms with E-state index in [1.807, 2.05) is 0 Å². The standard InChI is InChI=1S/C39H40B2F2N6O6S/c1-3-4-5-6-7-20-29-56-39-30(2)44-50-40(42)51-45-35(31-21-12-8-13-22-31)37(33-25-16-10-17-26-33)47-53-41(43,55-49-39)54-48-38(34-27-18-11-19-28-34)36(46-52-40)32-23-14-9-15-24-32/h8-19,21-28H,3-7,20,29H2,1-2H3/q-2/b44-30-,45-35-,46-36?,47-37?,48-38-,49-39+. The molecule has 3 aliphatic rings. The Bertz CT molecular complexity index is 1970. The lowest BCUT2D eigenvalue weighted by atomic mass is 10.00. The van der Waals surface area contributed by atoms with Crippen molar-refractivity contribution in [1.82, 2.24) is 0 Å². The second-order valence-electron chi connectivity index (χ2n) is 12.7. The summed E-state index contributed by atoms with van der Waals surface area (Å²) in [5, 5.41) is 24.7. The molecule has 290 valence electrons. The first-order valence-electron chi connectivity index (χ1n) is 18.4. The number of halogens is 2. The lowest BCUT2D eigenvalue weighted by Crippen LogP contribution is -2.41. The maximum atomic E-state index is 17.3. The molecule has 0 saturated heterocycles. The lowest BCUT2D eigenvalue weighted by Gasteiger charge is -2.30. The zero-order valence-electron chi connectivity index (χ0n) is 30.9. The van der Waals surface area contributed by atoms with Crippen molar-refractivity contribution in [2.24, 2.45) is 30.9 Å². The molecule has 3 aliphatic heterocycles. The predicted molar refractivity (Wildman–Crippen MR) is 219 cm³/mol. The Kier molecular flexibility index (Phi) is 13.9. The van der Waals surface area contributed by atoms with Gasteiger partial charge >= 0.3 is 14.1 Å². The fourth-order valence-corrected chi connectivity index (χ4v) is 6.32. The number of unbranched alkanes of at least 4 members (excludes halogenated alkanes) is 5. The van der Waals surface area contributed by atoms with Gasteiger partial charge in [-0.1, -0.05) is 160 Å². The molecule has 2 atom stereocenters. The van der Waals surface area contributed by atoms with Gasteiger partial charge in [-0.15, -0.1) is 42.7 Å². The smallest absolute Gasteiger partial charge is 0.510 e. The van der Waals surface area contributed by atoms with E-state index in [0.717, 1.165) is 38.5 Å². The zero-order chi connectivity index (χ0) is 39.1. The van der Waals surface area contributed by atoms with E-state index in [4.69, 9.17) is 28.5 Å². The van der Waals surface area contributed by atoms with Crippen LogP contribution >= 0.6 is 11.8 Å². The van der Waals surface area contributed by atoms with Gasteiger partial charge in [-0.05, 0) is 19.1 Å². The Labute approximate surface area is 328 Å². The first-order chi connectivity index (χ1) is 27.4. The first kappa shape index (κ1) is 39.7. The van der Waals surface area contributed by atoms with E-state index in [2.05, 4.69) is 37.9 Å². The van der Waals surface area contributed by atoms with Crippen LogP contribution < -0.4 is 0 Å². The summed E-state index contributed by atoms with van der Waals surface area (Å²) in [6, 6.07) is 34.0. The topological polar surface area (TPSA) is 130 Å². The Morgan fingerprint density at radius 2 is 0.768 bits per heavy atom. The SMILES string of the molecule is CCCCCCCCSC1=N/O[B-]2(F)ON=C(c3ccccc3)/C(c3ccccc3)=N\O[B-](F)(ON=C(c3ccccc3)/C(c3ccccc3)=N\O2)O/N=C\1C. The van der Waals surface area contributed by atoms with E-state index in [-0.39, 0.29) is 33.6 Å². The van der Waals surface area contributed by atoms with Gasteiger partial charge in [0.1, 0.15) is 28.6 Å². The van der Waals surface area contributed by atoms with Crippen molar-refractivity contribution in [3.05, 3.63) is 144 Å². The highest BCUT2D eigenvalue weighted by Gasteiger charge is 2.44. The molecule has 0 aromatic heterocycles. The molecule has 0 amide bonds. The molecule has 2 unspecified atom stereocenters. The number of fused-ring (bicyclic) bond motifs is 9. The molecule has 0 saturated carbocycles. The highest BCUT2D eigenvalue weighted by molar-refractivity contribution is 8.15. The minimum Gasteiger partial charge on any atom is -0.510 e. The number of thioether (sulfide) groups is 1. The van der Waals surface area contributed by atoms with Crippen LogP contribution in [0.15, 0.2) is 152 Å². The van der Waals surface area contributed by atoms with Crippen LogP contribution in [0.1, 0.15) is 74.6 Å².